The average Bonchev–Trinajstić information content (AvgIpc) is 3.00. The molecule has 0 fully saturated rings. The molecule has 0 bridgehead atoms. The second kappa shape index (κ2) is 7.04. The molecule has 3 aromatic rings. The normalized spacial score (nSPS) is 13.7. The molecule has 29 heavy (non-hydrogen) atoms. The van der Waals surface area contributed by atoms with Crippen LogP contribution in [0.15, 0.2) is 54.7 Å². The summed E-state index contributed by atoms with van der Waals surface area (Å²) >= 11 is 0. The van der Waals surface area contributed by atoms with Crippen molar-refractivity contribution in [2.75, 3.05) is 0 Å². The number of benzene rings is 2. The Hall–Kier alpha value is -3.12. The van der Waals surface area contributed by atoms with Gasteiger partial charge in [0.05, 0.1) is 29.9 Å². The Morgan fingerprint density at radius 3 is 2.45 bits per heavy atom. The molecule has 0 atom stereocenters. The Balaban J connectivity index is 1.63. The number of halogens is 2. The second-order valence-corrected chi connectivity index (χ2v) is 7.72. The largest absolute Gasteiger partial charge is 0.386 e. The molecule has 0 saturated heterocycles. The van der Waals surface area contributed by atoms with Crippen molar-refractivity contribution in [1.29, 1.82) is 0 Å². The van der Waals surface area contributed by atoms with E-state index in [9.17, 15) is 18.7 Å². The summed E-state index contributed by atoms with van der Waals surface area (Å²) in [5.74, 6) is -1.72. The minimum absolute atomic E-state index is 0.159. The molecule has 148 valence electrons. The molecular formula is C23H20F2N2O2. The number of hydrogen-bond acceptors (Lipinski definition) is 3. The van der Waals surface area contributed by atoms with Crippen LogP contribution in [0.3, 0.4) is 0 Å². The Labute approximate surface area is 167 Å². The lowest BCUT2D eigenvalue weighted by Gasteiger charge is -2.19. The van der Waals surface area contributed by atoms with E-state index in [0.717, 1.165) is 0 Å². The zero-order valence-corrected chi connectivity index (χ0v) is 16.1. The fraction of sp³-hybridized carbons (Fsp3) is 0.217. The number of fused-ring (bicyclic) bond motifs is 1. The van der Waals surface area contributed by atoms with E-state index in [1.807, 2.05) is 0 Å². The summed E-state index contributed by atoms with van der Waals surface area (Å²) in [7, 11) is 0. The summed E-state index contributed by atoms with van der Waals surface area (Å²) in [6.07, 6.45) is 1.59. The van der Waals surface area contributed by atoms with Gasteiger partial charge in [0.15, 0.2) is 0 Å². The Kier molecular flexibility index (Phi) is 4.67. The van der Waals surface area contributed by atoms with E-state index in [1.54, 1.807) is 56.4 Å². The van der Waals surface area contributed by atoms with E-state index in [-0.39, 0.29) is 24.6 Å². The number of pyridine rings is 1. The lowest BCUT2D eigenvalue weighted by atomic mass is 9.94. The van der Waals surface area contributed by atoms with Gasteiger partial charge >= 0.3 is 0 Å². The SMILES string of the molecule is CC(C)(O)c1cccc(-c2cc(F)c(CN3Cc4ncccc4C3=O)c(F)c2)c1. The van der Waals surface area contributed by atoms with E-state index >= 15 is 0 Å². The molecule has 6 heteroatoms. The Morgan fingerprint density at radius 2 is 1.79 bits per heavy atom. The van der Waals surface area contributed by atoms with Crippen molar-refractivity contribution >= 4 is 5.91 Å². The number of carbonyl (C=O) groups is 1. The van der Waals surface area contributed by atoms with Crippen molar-refractivity contribution < 1.29 is 18.7 Å². The van der Waals surface area contributed by atoms with Crippen LogP contribution in [0.25, 0.3) is 11.1 Å². The van der Waals surface area contributed by atoms with Gasteiger partial charge in [-0.3, -0.25) is 9.78 Å². The van der Waals surface area contributed by atoms with Crippen molar-refractivity contribution in [1.82, 2.24) is 9.88 Å². The first-order valence-electron chi connectivity index (χ1n) is 9.28. The van der Waals surface area contributed by atoms with Gasteiger partial charge in [0, 0.05) is 11.8 Å². The van der Waals surface area contributed by atoms with Crippen molar-refractivity contribution in [3.63, 3.8) is 0 Å². The lowest BCUT2D eigenvalue weighted by Crippen LogP contribution is -2.24. The quantitative estimate of drug-likeness (QED) is 0.713. The van der Waals surface area contributed by atoms with Crippen LogP contribution in [0.2, 0.25) is 0 Å². The zero-order chi connectivity index (χ0) is 20.8. The summed E-state index contributed by atoms with van der Waals surface area (Å²) in [6.45, 7) is 3.35. The molecule has 1 aromatic heterocycles. The standard InChI is InChI=1S/C23H20F2N2O2/c1-23(2,29)16-6-3-5-14(9-16)15-10-19(24)18(20(25)11-15)12-27-13-21-17(22(27)28)7-4-8-26-21/h3-11,29H,12-13H2,1-2H3. The smallest absolute Gasteiger partial charge is 0.256 e. The van der Waals surface area contributed by atoms with Crippen LogP contribution in [-0.2, 0) is 18.7 Å². The highest BCUT2D eigenvalue weighted by molar-refractivity contribution is 5.97. The number of aliphatic hydroxyl groups is 1. The third kappa shape index (κ3) is 3.63. The van der Waals surface area contributed by atoms with Crippen LogP contribution in [0.5, 0.6) is 0 Å². The summed E-state index contributed by atoms with van der Waals surface area (Å²) in [6, 6.07) is 12.8. The molecule has 4 rings (SSSR count). The number of rotatable bonds is 4. The van der Waals surface area contributed by atoms with E-state index < -0.39 is 17.2 Å². The number of nitrogens with zero attached hydrogens (tertiary/aromatic N) is 2. The van der Waals surface area contributed by atoms with Gasteiger partial charge in [-0.1, -0.05) is 18.2 Å². The molecule has 0 saturated carbocycles. The molecule has 2 aromatic carbocycles. The minimum atomic E-state index is -1.06. The highest BCUT2D eigenvalue weighted by Crippen LogP contribution is 2.30. The molecule has 1 aliphatic heterocycles. The number of aromatic nitrogens is 1. The predicted octanol–water partition coefficient (Wildman–Crippen LogP) is 4.41. The first-order chi connectivity index (χ1) is 13.7. The molecule has 0 aliphatic carbocycles. The van der Waals surface area contributed by atoms with Crippen LogP contribution >= 0.6 is 0 Å². The maximum absolute atomic E-state index is 14.8. The van der Waals surface area contributed by atoms with E-state index in [2.05, 4.69) is 4.98 Å². The van der Waals surface area contributed by atoms with Crippen LogP contribution in [0.4, 0.5) is 8.78 Å². The highest BCUT2D eigenvalue weighted by atomic mass is 19.1. The maximum atomic E-state index is 14.8. The van der Waals surface area contributed by atoms with Gasteiger partial charge in [-0.15, -0.1) is 0 Å². The highest BCUT2D eigenvalue weighted by Gasteiger charge is 2.29. The minimum Gasteiger partial charge on any atom is -0.386 e. The third-order valence-electron chi connectivity index (χ3n) is 5.14. The number of amides is 1. The van der Waals surface area contributed by atoms with Crippen LogP contribution in [0, 0.1) is 11.6 Å². The van der Waals surface area contributed by atoms with E-state index in [1.165, 1.54) is 17.0 Å². The Bertz CT molecular complexity index is 1080. The molecule has 0 unspecified atom stereocenters. The topological polar surface area (TPSA) is 53.4 Å². The van der Waals surface area contributed by atoms with Gasteiger partial charge in [-0.05, 0) is 60.9 Å². The van der Waals surface area contributed by atoms with Gasteiger partial charge in [0.25, 0.3) is 5.91 Å². The van der Waals surface area contributed by atoms with E-state index in [4.69, 9.17) is 0 Å². The van der Waals surface area contributed by atoms with Gasteiger partial charge < -0.3 is 10.0 Å². The van der Waals surface area contributed by atoms with Crippen LogP contribution in [-0.4, -0.2) is 20.9 Å². The molecule has 4 nitrogen and oxygen atoms in total. The first-order valence-corrected chi connectivity index (χ1v) is 9.28. The van der Waals surface area contributed by atoms with Gasteiger partial charge in [0.2, 0.25) is 0 Å². The summed E-state index contributed by atoms with van der Waals surface area (Å²) in [4.78, 5) is 18.0. The first kappa shape index (κ1) is 19.2. The fourth-order valence-electron chi connectivity index (χ4n) is 3.50. The molecule has 1 N–H and O–H groups in total. The van der Waals surface area contributed by atoms with Crippen LogP contribution < -0.4 is 0 Å². The fourth-order valence-corrected chi connectivity index (χ4v) is 3.50. The molecular weight excluding hydrogens is 374 g/mol. The molecule has 0 radical (unpaired) electrons. The molecule has 1 aliphatic rings. The summed E-state index contributed by atoms with van der Waals surface area (Å²) in [5.41, 5.74) is 1.47. The third-order valence-corrected chi connectivity index (χ3v) is 5.14. The maximum Gasteiger partial charge on any atom is 0.256 e. The second-order valence-electron chi connectivity index (χ2n) is 7.72. The monoisotopic (exact) mass is 394 g/mol. The number of carbonyl (C=O) groups excluding carboxylic acids is 1. The lowest BCUT2D eigenvalue weighted by molar-refractivity contribution is 0.0761. The van der Waals surface area contributed by atoms with Gasteiger partial charge in [-0.2, -0.15) is 0 Å². The molecule has 0 spiro atoms. The molecule has 1 amide bonds. The number of hydrogen-bond donors (Lipinski definition) is 1. The van der Waals surface area contributed by atoms with Crippen LogP contribution in [0.1, 0.15) is 41.0 Å². The van der Waals surface area contributed by atoms with Crippen molar-refractivity contribution in [2.24, 2.45) is 0 Å². The molecule has 2 heterocycles. The average molecular weight is 394 g/mol. The van der Waals surface area contributed by atoms with Gasteiger partial charge in [-0.25, -0.2) is 8.78 Å². The van der Waals surface area contributed by atoms with Gasteiger partial charge in [0.1, 0.15) is 11.6 Å². The summed E-state index contributed by atoms with van der Waals surface area (Å²) in [5, 5.41) is 10.2. The van der Waals surface area contributed by atoms with Crippen molar-refractivity contribution in [3.8, 4) is 11.1 Å². The predicted molar refractivity (Wildman–Crippen MR) is 105 cm³/mol. The van der Waals surface area contributed by atoms with E-state index in [0.29, 0.717) is 27.9 Å². The zero-order valence-electron chi connectivity index (χ0n) is 16.1. The summed E-state index contributed by atoms with van der Waals surface area (Å²) < 4.78 is 29.6. The Morgan fingerprint density at radius 1 is 1.07 bits per heavy atom. The van der Waals surface area contributed by atoms with Crippen molar-refractivity contribution in [2.45, 2.75) is 32.5 Å². The van der Waals surface area contributed by atoms with Crippen molar-refractivity contribution in [3.05, 3.63) is 88.7 Å².